The number of anilines is 3. The summed E-state index contributed by atoms with van der Waals surface area (Å²) in [5.74, 6) is 1.95. The summed E-state index contributed by atoms with van der Waals surface area (Å²) >= 11 is 0. The molecule has 0 atom stereocenters. The third-order valence-corrected chi connectivity index (χ3v) is 4.42. The number of benzene rings is 1. The van der Waals surface area contributed by atoms with Gasteiger partial charge in [0.05, 0.1) is 0 Å². The molecule has 1 aliphatic heterocycles. The van der Waals surface area contributed by atoms with E-state index in [1.54, 1.807) is 12.5 Å². The van der Waals surface area contributed by atoms with Gasteiger partial charge in [-0.25, -0.2) is 4.98 Å². The first-order valence-electron chi connectivity index (χ1n) is 8.59. The lowest BCUT2D eigenvalue weighted by Crippen LogP contribution is -2.32. The molecule has 0 bridgehead atoms. The molecule has 1 fully saturated rings. The summed E-state index contributed by atoms with van der Waals surface area (Å²) in [4.78, 5) is 22.4. The highest BCUT2D eigenvalue weighted by molar-refractivity contribution is 5.57. The van der Waals surface area contributed by atoms with Crippen LogP contribution in [0.15, 0.2) is 49.1 Å². The molecule has 1 aliphatic rings. The fourth-order valence-corrected chi connectivity index (χ4v) is 2.99. The summed E-state index contributed by atoms with van der Waals surface area (Å²) in [6, 6.07) is 10.1. The van der Waals surface area contributed by atoms with E-state index in [-0.39, 0.29) is 0 Å². The van der Waals surface area contributed by atoms with Crippen LogP contribution in [0.4, 0.5) is 17.6 Å². The third-order valence-electron chi connectivity index (χ3n) is 4.42. The summed E-state index contributed by atoms with van der Waals surface area (Å²) in [5, 5.41) is 0. The number of imidazole rings is 1. The lowest BCUT2D eigenvalue weighted by molar-refractivity contribution is 0.566. The Kier molecular flexibility index (Phi) is 4.28. The molecule has 0 N–H and O–H groups in total. The van der Waals surface area contributed by atoms with Gasteiger partial charge in [-0.15, -0.1) is 0 Å². The highest BCUT2D eigenvalue weighted by Gasteiger charge is 2.18. The van der Waals surface area contributed by atoms with Gasteiger partial charge in [0.1, 0.15) is 6.33 Å². The van der Waals surface area contributed by atoms with Gasteiger partial charge in [-0.1, -0.05) is 18.2 Å². The molecule has 25 heavy (non-hydrogen) atoms. The van der Waals surface area contributed by atoms with Gasteiger partial charge in [-0.3, -0.25) is 4.57 Å². The van der Waals surface area contributed by atoms with Gasteiger partial charge in [-0.2, -0.15) is 15.0 Å². The average Bonchev–Trinajstić information content (AvgIpc) is 3.23. The zero-order valence-electron chi connectivity index (χ0n) is 14.3. The molecule has 0 aliphatic carbocycles. The minimum Gasteiger partial charge on any atom is -0.341 e. The number of piperidine rings is 1. The molecule has 0 radical (unpaired) electrons. The Labute approximate surface area is 147 Å². The lowest BCUT2D eigenvalue weighted by Gasteiger charge is -2.28. The molecule has 3 aromatic rings. The number of nitrogens with zero attached hydrogens (tertiary/aromatic N) is 7. The van der Waals surface area contributed by atoms with Crippen molar-refractivity contribution >= 4 is 17.6 Å². The summed E-state index contributed by atoms with van der Waals surface area (Å²) in [5.41, 5.74) is 1.04. The van der Waals surface area contributed by atoms with E-state index in [4.69, 9.17) is 4.98 Å². The molecule has 3 heterocycles. The molecule has 7 nitrogen and oxygen atoms in total. The largest absolute Gasteiger partial charge is 0.341 e. The van der Waals surface area contributed by atoms with Crippen molar-refractivity contribution in [2.45, 2.75) is 19.3 Å². The molecular weight excluding hydrogens is 314 g/mol. The highest BCUT2D eigenvalue weighted by Crippen LogP contribution is 2.23. The Bertz CT molecular complexity index is 811. The summed E-state index contributed by atoms with van der Waals surface area (Å²) in [6.07, 6.45) is 8.91. The Morgan fingerprint density at radius 1 is 0.920 bits per heavy atom. The van der Waals surface area contributed by atoms with Gasteiger partial charge in [0, 0.05) is 38.2 Å². The second-order valence-corrected chi connectivity index (χ2v) is 6.15. The van der Waals surface area contributed by atoms with Crippen LogP contribution in [0, 0.1) is 0 Å². The monoisotopic (exact) mass is 335 g/mol. The molecule has 1 saturated heterocycles. The van der Waals surface area contributed by atoms with Crippen molar-refractivity contribution in [3.05, 3.63) is 49.1 Å². The van der Waals surface area contributed by atoms with E-state index >= 15 is 0 Å². The maximum atomic E-state index is 4.74. The van der Waals surface area contributed by atoms with Gasteiger partial charge in [0.15, 0.2) is 0 Å². The van der Waals surface area contributed by atoms with Gasteiger partial charge in [0.2, 0.25) is 17.8 Å². The maximum absolute atomic E-state index is 4.74. The molecule has 4 rings (SSSR count). The van der Waals surface area contributed by atoms with Crippen LogP contribution in [0.25, 0.3) is 5.95 Å². The maximum Gasteiger partial charge on any atom is 0.241 e. The van der Waals surface area contributed by atoms with Crippen molar-refractivity contribution in [3.8, 4) is 5.95 Å². The predicted octanol–water partition coefficient (Wildman–Crippen LogP) is 2.82. The number of rotatable bonds is 4. The van der Waals surface area contributed by atoms with E-state index in [0.29, 0.717) is 11.9 Å². The fourth-order valence-electron chi connectivity index (χ4n) is 2.99. The Morgan fingerprint density at radius 2 is 1.68 bits per heavy atom. The smallest absolute Gasteiger partial charge is 0.241 e. The van der Waals surface area contributed by atoms with Crippen molar-refractivity contribution in [2.24, 2.45) is 0 Å². The molecule has 7 heteroatoms. The van der Waals surface area contributed by atoms with E-state index < -0.39 is 0 Å². The molecule has 0 spiro atoms. The molecular formula is C18H21N7. The first-order valence-corrected chi connectivity index (χ1v) is 8.59. The quantitative estimate of drug-likeness (QED) is 0.730. The topological polar surface area (TPSA) is 63.0 Å². The standard InChI is InChI=1S/C18H21N7/c1-23(15-8-4-2-5-9-15)16-20-17(24-11-6-3-7-12-24)22-18(21-16)25-13-10-19-14-25/h2,4-5,8-10,13-14H,3,6-7,11-12H2,1H3. The van der Waals surface area contributed by atoms with Crippen LogP contribution in [0.3, 0.4) is 0 Å². The first-order chi connectivity index (χ1) is 12.3. The van der Waals surface area contributed by atoms with Crippen LogP contribution in [0.2, 0.25) is 0 Å². The van der Waals surface area contributed by atoms with Gasteiger partial charge in [-0.05, 0) is 31.4 Å². The summed E-state index contributed by atoms with van der Waals surface area (Å²) in [6.45, 7) is 1.98. The minimum atomic E-state index is 0.589. The fraction of sp³-hybridized carbons (Fsp3) is 0.333. The number of hydrogen-bond acceptors (Lipinski definition) is 6. The van der Waals surface area contributed by atoms with Crippen LogP contribution < -0.4 is 9.80 Å². The van der Waals surface area contributed by atoms with Crippen LogP contribution in [0.5, 0.6) is 0 Å². The first kappa shape index (κ1) is 15.6. The van der Waals surface area contributed by atoms with E-state index in [1.165, 1.54) is 19.3 Å². The molecule has 1 aromatic carbocycles. The predicted molar refractivity (Wildman–Crippen MR) is 97.5 cm³/mol. The van der Waals surface area contributed by atoms with E-state index in [9.17, 15) is 0 Å². The average molecular weight is 335 g/mol. The number of hydrogen-bond donors (Lipinski definition) is 0. The molecule has 0 saturated carbocycles. The van der Waals surface area contributed by atoms with E-state index in [2.05, 4.69) is 19.9 Å². The summed E-state index contributed by atoms with van der Waals surface area (Å²) < 4.78 is 1.82. The SMILES string of the molecule is CN(c1ccccc1)c1nc(N2CCCCC2)nc(-n2ccnc2)n1. The number of para-hydroxylation sites is 1. The van der Waals surface area contributed by atoms with Crippen molar-refractivity contribution < 1.29 is 0 Å². The van der Waals surface area contributed by atoms with Crippen LogP contribution in [0.1, 0.15) is 19.3 Å². The zero-order chi connectivity index (χ0) is 17.1. The van der Waals surface area contributed by atoms with Crippen molar-refractivity contribution in [1.82, 2.24) is 24.5 Å². The molecule has 0 unspecified atom stereocenters. The van der Waals surface area contributed by atoms with Crippen molar-refractivity contribution in [2.75, 3.05) is 29.9 Å². The molecule has 2 aromatic heterocycles. The highest BCUT2D eigenvalue weighted by atomic mass is 15.4. The Balaban J connectivity index is 1.76. The molecule has 128 valence electrons. The normalized spacial score (nSPS) is 14.5. The van der Waals surface area contributed by atoms with E-state index in [1.807, 2.05) is 53.0 Å². The lowest BCUT2D eigenvalue weighted by atomic mass is 10.1. The Morgan fingerprint density at radius 3 is 2.40 bits per heavy atom. The second kappa shape index (κ2) is 6.88. The summed E-state index contributed by atoms with van der Waals surface area (Å²) in [7, 11) is 1.97. The third kappa shape index (κ3) is 3.31. The molecule has 0 amide bonds. The minimum absolute atomic E-state index is 0.589. The van der Waals surface area contributed by atoms with Gasteiger partial charge >= 0.3 is 0 Å². The van der Waals surface area contributed by atoms with E-state index in [0.717, 1.165) is 24.7 Å². The zero-order valence-corrected chi connectivity index (χ0v) is 14.3. The van der Waals surface area contributed by atoms with Crippen LogP contribution in [-0.2, 0) is 0 Å². The second-order valence-electron chi connectivity index (χ2n) is 6.15. The van der Waals surface area contributed by atoms with Gasteiger partial charge < -0.3 is 9.80 Å². The van der Waals surface area contributed by atoms with Crippen molar-refractivity contribution in [1.29, 1.82) is 0 Å². The van der Waals surface area contributed by atoms with Crippen LogP contribution in [-0.4, -0.2) is 44.6 Å². The number of aromatic nitrogens is 5. The Hall–Kier alpha value is -2.96. The van der Waals surface area contributed by atoms with Crippen LogP contribution >= 0.6 is 0 Å². The van der Waals surface area contributed by atoms with Gasteiger partial charge in [0.25, 0.3) is 0 Å². The van der Waals surface area contributed by atoms with Crippen molar-refractivity contribution in [3.63, 3.8) is 0 Å².